The third-order valence-corrected chi connectivity index (χ3v) is 4.66. The van der Waals surface area contributed by atoms with Gasteiger partial charge in [0.15, 0.2) is 0 Å². The van der Waals surface area contributed by atoms with Gasteiger partial charge in [0, 0.05) is 22.7 Å². The average molecular weight is 451 g/mol. The average Bonchev–Trinajstić information content (AvgIpc) is 3.22. The Morgan fingerprint density at radius 3 is 2.59 bits per heavy atom. The van der Waals surface area contributed by atoms with Crippen LogP contribution in [-0.2, 0) is 13.5 Å². The van der Waals surface area contributed by atoms with E-state index in [0.29, 0.717) is 28.4 Å². The van der Waals surface area contributed by atoms with Crippen molar-refractivity contribution in [3.8, 4) is 5.69 Å². The zero-order valence-electron chi connectivity index (χ0n) is 14.7. The number of aryl methyl sites for hydroxylation is 1. The van der Waals surface area contributed by atoms with Crippen molar-refractivity contribution in [2.24, 2.45) is 7.05 Å². The number of halogens is 2. The molecule has 1 aromatic carbocycles. The number of nitrogens with zero attached hydrogens (tertiary/aromatic N) is 3. The lowest BCUT2D eigenvalue weighted by Gasteiger charge is -2.10. The first-order valence-corrected chi connectivity index (χ1v) is 9.33. The highest BCUT2D eigenvalue weighted by Gasteiger charge is 2.19. The van der Waals surface area contributed by atoms with E-state index < -0.39 is 11.8 Å². The van der Waals surface area contributed by atoms with Crippen molar-refractivity contribution in [2.75, 3.05) is 0 Å². The van der Waals surface area contributed by atoms with E-state index >= 15 is 0 Å². The van der Waals surface area contributed by atoms with Gasteiger partial charge in [0.25, 0.3) is 11.8 Å². The van der Waals surface area contributed by atoms with Gasteiger partial charge in [-0.05, 0) is 46.6 Å². The Morgan fingerprint density at radius 1 is 1.22 bits per heavy atom. The predicted molar refractivity (Wildman–Crippen MR) is 106 cm³/mol. The Labute approximate surface area is 169 Å². The lowest BCUT2D eigenvalue weighted by Crippen LogP contribution is -2.42. The molecule has 0 aliphatic heterocycles. The predicted octanol–water partition coefficient (Wildman–Crippen LogP) is 3.26. The maximum atomic E-state index is 12.5. The number of amides is 2. The van der Waals surface area contributed by atoms with Crippen molar-refractivity contribution >= 4 is 39.3 Å². The number of hydrazine groups is 1. The van der Waals surface area contributed by atoms with Crippen LogP contribution in [0.2, 0.25) is 5.02 Å². The van der Waals surface area contributed by atoms with Gasteiger partial charge in [0.05, 0.1) is 23.1 Å². The van der Waals surface area contributed by atoms with Crippen LogP contribution in [0.3, 0.4) is 0 Å². The molecule has 2 N–H and O–H groups in total. The Hall–Kier alpha value is -2.58. The van der Waals surface area contributed by atoms with Gasteiger partial charge in [0.2, 0.25) is 0 Å². The molecule has 2 heterocycles. The van der Waals surface area contributed by atoms with Crippen LogP contribution in [0, 0.1) is 0 Å². The number of aromatic nitrogens is 3. The molecule has 0 unspecified atom stereocenters. The van der Waals surface area contributed by atoms with Gasteiger partial charge in [0.1, 0.15) is 5.69 Å². The molecule has 0 aliphatic carbocycles. The molecule has 0 spiro atoms. The monoisotopic (exact) mass is 449 g/mol. The number of nitrogens with one attached hydrogen (secondary N) is 2. The molecule has 0 bridgehead atoms. The number of carbonyl (C=O) groups is 2. The fraction of sp³-hybridized carbons (Fsp3) is 0.167. The molecule has 0 fully saturated rings. The Balaban J connectivity index is 1.77. The number of carbonyl (C=O) groups excluding carboxylic acids is 2. The summed E-state index contributed by atoms with van der Waals surface area (Å²) in [6.45, 7) is 1.93. The topological polar surface area (TPSA) is 81.0 Å². The Kier molecular flexibility index (Phi) is 5.67. The van der Waals surface area contributed by atoms with Crippen molar-refractivity contribution in [1.82, 2.24) is 25.2 Å². The highest BCUT2D eigenvalue weighted by Crippen LogP contribution is 2.19. The van der Waals surface area contributed by atoms with Crippen LogP contribution in [0.15, 0.2) is 47.2 Å². The van der Waals surface area contributed by atoms with Crippen LogP contribution in [0.1, 0.15) is 33.5 Å². The zero-order valence-corrected chi connectivity index (χ0v) is 17.0. The molecule has 3 rings (SSSR count). The fourth-order valence-corrected chi connectivity index (χ4v) is 3.44. The van der Waals surface area contributed by atoms with Gasteiger partial charge >= 0.3 is 0 Å². The first-order valence-electron chi connectivity index (χ1n) is 8.16. The smallest absolute Gasteiger partial charge is 0.286 e. The maximum Gasteiger partial charge on any atom is 0.286 e. The molecular formula is C18H17BrClN5O2. The third kappa shape index (κ3) is 4.06. The number of benzene rings is 1. The molecule has 2 aromatic heterocycles. The van der Waals surface area contributed by atoms with E-state index in [2.05, 4.69) is 31.9 Å². The molecule has 140 valence electrons. The molecule has 3 aromatic rings. The summed E-state index contributed by atoms with van der Waals surface area (Å²) < 4.78 is 4.09. The Morgan fingerprint density at radius 2 is 1.96 bits per heavy atom. The van der Waals surface area contributed by atoms with Crippen LogP contribution >= 0.6 is 27.5 Å². The first-order chi connectivity index (χ1) is 12.9. The fourth-order valence-electron chi connectivity index (χ4n) is 2.73. The van der Waals surface area contributed by atoms with Crippen LogP contribution in [0.4, 0.5) is 0 Å². The molecule has 0 saturated heterocycles. The molecule has 9 heteroatoms. The standard InChI is InChI=1S/C18H17BrClN5O2/c1-3-15-14(9-21-25(15)13-6-4-5-12(20)8-13)17(26)22-23-18(27)16-7-11(19)10-24(16)2/h4-10H,3H2,1-2H3,(H,22,26)(H,23,27). The van der Waals surface area contributed by atoms with Crippen LogP contribution < -0.4 is 10.9 Å². The molecule has 0 radical (unpaired) electrons. The highest BCUT2D eigenvalue weighted by atomic mass is 79.9. The minimum atomic E-state index is -0.443. The Bertz CT molecular complexity index is 1010. The second-order valence-electron chi connectivity index (χ2n) is 5.81. The number of hydrogen-bond acceptors (Lipinski definition) is 3. The molecule has 0 aliphatic rings. The van der Waals surface area contributed by atoms with E-state index in [1.54, 1.807) is 40.7 Å². The van der Waals surface area contributed by atoms with E-state index in [4.69, 9.17) is 11.6 Å². The quantitative estimate of drug-likeness (QED) is 0.599. The van der Waals surface area contributed by atoms with Crippen molar-refractivity contribution in [3.63, 3.8) is 0 Å². The van der Waals surface area contributed by atoms with Gasteiger partial charge in [-0.1, -0.05) is 24.6 Å². The van der Waals surface area contributed by atoms with E-state index in [0.717, 1.165) is 10.2 Å². The number of rotatable bonds is 4. The minimum Gasteiger partial charge on any atom is -0.345 e. The van der Waals surface area contributed by atoms with Gasteiger partial charge in [-0.2, -0.15) is 5.10 Å². The normalized spacial score (nSPS) is 10.7. The number of hydrogen-bond donors (Lipinski definition) is 2. The van der Waals surface area contributed by atoms with E-state index in [1.165, 1.54) is 6.20 Å². The SMILES string of the molecule is CCc1c(C(=O)NNC(=O)c2cc(Br)cn2C)cnn1-c1cccc(Cl)c1. The zero-order chi connectivity index (χ0) is 19.6. The van der Waals surface area contributed by atoms with Crippen molar-refractivity contribution in [3.05, 3.63) is 69.2 Å². The summed E-state index contributed by atoms with van der Waals surface area (Å²) in [5, 5.41) is 4.88. The third-order valence-electron chi connectivity index (χ3n) is 3.99. The summed E-state index contributed by atoms with van der Waals surface area (Å²) in [6, 6.07) is 8.87. The lowest BCUT2D eigenvalue weighted by molar-refractivity contribution is 0.0841. The van der Waals surface area contributed by atoms with Crippen LogP contribution in [-0.4, -0.2) is 26.2 Å². The first kappa shape index (κ1) is 19.2. The summed E-state index contributed by atoms with van der Waals surface area (Å²) in [5.74, 6) is -0.862. The lowest BCUT2D eigenvalue weighted by atomic mass is 10.2. The van der Waals surface area contributed by atoms with Crippen LogP contribution in [0.25, 0.3) is 5.69 Å². The summed E-state index contributed by atoms with van der Waals surface area (Å²) in [5.41, 5.74) is 7.12. The molecule has 0 atom stereocenters. The second kappa shape index (κ2) is 7.98. The second-order valence-corrected chi connectivity index (χ2v) is 7.16. The molecule has 0 saturated carbocycles. The van der Waals surface area contributed by atoms with Gasteiger partial charge in [-0.15, -0.1) is 0 Å². The van der Waals surface area contributed by atoms with E-state index in [-0.39, 0.29) is 0 Å². The molecule has 2 amide bonds. The van der Waals surface area contributed by atoms with Gasteiger partial charge in [-0.25, -0.2) is 4.68 Å². The van der Waals surface area contributed by atoms with Crippen molar-refractivity contribution in [1.29, 1.82) is 0 Å². The molecule has 7 nitrogen and oxygen atoms in total. The van der Waals surface area contributed by atoms with Crippen molar-refractivity contribution in [2.45, 2.75) is 13.3 Å². The maximum absolute atomic E-state index is 12.5. The molecular weight excluding hydrogens is 434 g/mol. The highest BCUT2D eigenvalue weighted by molar-refractivity contribution is 9.10. The minimum absolute atomic E-state index is 0.380. The van der Waals surface area contributed by atoms with E-state index in [9.17, 15) is 9.59 Å². The summed E-state index contributed by atoms with van der Waals surface area (Å²) in [7, 11) is 1.74. The largest absolute Gasteiger partial charge is 0.345 e. The summed E-state index contributed by atoms with van der Waals surface area (Å²) >= 11 is 9.35. The molecule has 27 heavy (non-hydrogen) atoms. The van der Waals surface area contributed by atoms with Crippen molar-refractivity contribution < 1.29 is 9.59 Å². The van der Waals surface area contributed by atoms with Gasteiger partial charge < -0.3 is 4.57 Å². The van der Waals surface area contributed by atoms with Crippen LogP contribution in [0.5, 0.6) is 0 Å². The van der Waals surface area contributed by atoms with Gasteiger partial charge in [-0.3, -0.25) is 20.4 Å². The van der Waals surface area contributed by atoms with E-state index in [1.807, 2.05) is 19.1 Å². The summed E-state index contributed by atoms with van der Waals surface area (Å²) in [6.07, 6.45) is 3.80. The summed E-state index contributed by atoms with van der Waals surface area (Å²) in [4.78, 5) is 24.8.